The molecule has 1 aromatic heterocycles. The third kappa shape index (κ3) is 3.90. The number of H-pyrrole nitrogens is 1. The molecule has 0 saturated carbocycles. The molecular formula is C14H19N3O2S. The van der Waals surface area contributed by atoms with Crippen LogP contribution in [0.3, 0.4) is 0 Å². The number of nitrogens with one attached hydrogen (secondary N) is 1. The van der Waals surface area contributed by atoms with Gasteiger partial charge >= 0.3 is 0 Å². The highest BCUT2D eigenvalue weighted by Gasteiger charge is 2.08. The Labute approximate surface area is 119 Å². The lowest BCUT2D eigenvalue weighted by Crippen LogP contribution is -1.98. The first-order chi connectivity index (χ1) is 9.34. The van der Waals surface area contributed by atoms with Crippen molar-refractivity contribution >= 4 is 9.84 Å². The van der Waals surface area contributed by atoms with Crippen molar-refractivity contribution in [2.24, 2.45) is 5.92 Å². The Morgan fingerprint density at radius 1 is 1.20 bits per heavy atom. The fraction of sp³-hybridized carbons (Fsp3) is 0.429. The normalized spacial score (nSPS) is 12.0. The molecule has 1 heterocycles. The molecule has 0 saturated heterocycles. The summed E-state index contributed by atoms with van der Waals surface area (Å²) in [5.41, 5.74) is 1.00. The molecular weight excluding hydrogens is 274 g/mol. The van der Waals surface area contributed by atoms with E-state index >= 15 is 0 Å². The van der Waals surface area contributed by atoms with E-state index in [9.17, 15) is 8.42 Å². The number of nitrogens with zero attached hydrogens (tertiary/aromatic N) is 2. The topological polar surface area (TPSA) is 75.7 Å². The average molecular weight is 293 g/mol. The minimum atomic E-state index is -3.14. The Bertz CT molecular complexity index is 673. The van der Waals surface area contributed by atoms with Gasteiger partial charge in [0.1, 0.15) is 5.82 Å². The van der Waals surface area contributed by atoms with Gasteiger partial charge in [-0.2, -0.15) is 5.10 Å². The highest BCUT2D eigenvalue weighted by molar-refractivity contribution is 7.90. The van der Waals surface area contributed by atoms with Crippen LogP contribution in [0.15, 0.2) is 29.2 Å². The largest absolute Gasteiger partial charge is 0.263 e. The van der Waals surface area contributed by atoms with Crippen molar-refractivity contribution in [3.05, 3.63) is 41.5 Å². The summed E-state index contributed by atoms with van der Waals surface area (Å²) in [4.78, 5) is 4.76. The molecule has 0 unspecified atom stereocenters. The van der Waals surface area contributed by atoms with Crippen LogP contribution < -0.4 is 0 Å². The molecule has 0 atom stereocenters. The Balaban J connectivity index is 2.08. The van der Waals surface area contributed by atoms with E-state index in [2.05, 4.69) is 29.0 Å². The molecule has 0 aliphatic rings. The summed E-state index contributed by atoms with van der Waals surface area (Å²) in [7, 11) is -3.14. The molecule has 0 aliphatic carbocycles. The molecule has 0 amide bonds. The van der Waals surface area contributed by atoms with Crippen LogP contribution in [0.5, 0.6) is 0 Å². The second-order valence-electron chi connectivity index (χ2n) is 5.39. The van der Waals surface area contributed by atoms with Gasteiger partial charge in [0.05, 0.1) is 4.90 Å². The molecule has 108 valence electrons. The Kier molecular flexibility index (Phi) is 4.23. The van der Waals surface area contributed by atoms with Crippen molar-refractivity contribution in [3.8, 4) is 0 Å². The summed E-state index contributed by atoms with van der Waals surface area (Å²) in [6.45, 7) is 4.25. The van der Waals surface area contributed by atoms with Gasteiger partial charge in [-0.25, -0.2) is 13.4 Å². The average Bonchev–Trinajstić information content (AvgIpc) is 2.75. The highest BCUT2D eigenvalue weighted by Crippen LogP contribution is 2.13. The molecule has 0 spiro atoms. The second kappa shape index (κ2) is 5.75. The number of rotatable bonds is 5. The van der Waals surface area contributed by atoms with Gasteiger partial charge < -0.3 is 0 Å². The number of hydrogen-bond donors (Lipinski definition) is 1. The number of aromatic nitrogens is 3. The number of sulfone groups is 1. The first-order valence-electron chi connectivity index (χ1n) is 6.54. The summed E-state index contributed by atoms with van der Waals surface area (Å²) in [5, 5.41) is 7.10. The minimum absolute atomic E-state index is 0.333. The molecule has 0 aliphatic heterocycles. The molecule has 0 radical (unpaired) electrons. The van der Waals surface area contributed by atoms with Crippen LogP contribution in [0.2, 0.25) is 0 Å². The Morgan fingerprint density at radius 3 is 2.40 bits per heavy atom. The highest BCUT2D eigenvalue weighted by atomic mass is 32.2. The van der Waals surface area contributed by atoms with Crippen LogP contribution in [0.4, 0.5) is 0 Å². The molecule has 0 bridgehead atoms. The molecule has 1 N–H and O–H groups in total. The summed E-state index contributed by atoms with van der Waals surface area (Å²) in [5.74, 6) is 2.14. The van der Waals surface area contributed by atoms with Gasteiger partial charge in [-0.3, -0.25) is 5.10 Å². The van der Waals surface area contributed by atoms with E-state index in [0.29, 0.717) is 17.2 Å². The quantitative estimate of drug-likeness (QED) is 0.914. The van der Waals surface area contributed by atoms with Crippen molar-refractivity contribution in [1.82, 2.24) is 15.2 Å². The monoisotopic (exact) mass is 293 g/mol. The van der Waals surface area contributed by atoms with Gasteiger partial charge in [0.15, 0.2) is 15.7 Å². The predicted molar refractivity (Wildman–Crippen MR) is 77.3 cm³/mol. The molecule has 2 aromatic rings. The molecule has 2 rings (SSSR count). The molecule has 20 heavy (non-hydrogen) atoms. The minimum Gasteiger partial charge on any atom is -0.263 e. The zero-order valence-corrected chi connectivity index (χ0v) is 12.7. The van der Waals surface area contributed by atoms with Crippen molar-refractivity contribution in [2.45, 2.75) is 31.6 Å². The van der Waals surface area contributed by atoms with E-state index in [0.717, 1.165) is 23.6 Å². The van der Waals surface area contributed by atoms with E-state index in [4.69, 9.17) is 0 Å². The van der Waals surface area contributed by atoms with Crippen LogP contribution in [-0.2, 0) is 22.7 Å². The van der Waals surface area contributed by atoms with E-state index in [1.165, 1.54) is 6.26 Å². The van der Waals surface area contributed by atoms with Crippen molar-refractivity contribution < 1.29 is 8.42 Å². The molecule has 1 aromatic carbocycles. The van der Waals surface area contributed by atoms with E-state index in [1.807, 2.05) is 0 Å². The van der Waals surface area contributed by atoms with Gasteiger partial charge in [0.2, 0.25) is 0 Å². The maximum absolute atomic E-state index is 11.4. The molecule has 6 heteroatoms. The van der Waals surface area contributed by atoms with Crippen molar-refractivity contribution in [1.29, 1.82) is 0 Å². The third-order valence-electron chi connectivity index (χ3n) is 2.89. The van der Waals surface area contributed by atoms with Crippen LogP contribution in [-0.4, -0.2) is 29.9 Å². The lowest BCUT2D eigenvalue weighted by Gasteiger charge is -2.01. The van der Waals surface area contributed by atoms with Crippen LogP contribution >= 0.6 is 0 Å². The number of benzene rings is 1. The molecule has 5 nitrogen and oxygen atoms in total. The summed E-state index contributed by atoms with van der Waals surface area (Å²) < 4.78 is 22.8. The van der Waals surface area contributed by atoms with Gasteiger partial charge in [0, 0.05) is 19.1 Å². The predicted octanol–water partition coefficient (Wildman–Crippen LogP) is 2.00. The van der Waals surface area contributed by atoms with E-state index in [-0.39, 0.29) is 0 Å². The van der Waals surface area contributed by atoms with Crippen molar-refractivity contribution in [2.75, 3.05) is 6.26 Å². The second-order valence-corrected chi connectivity index (χ2v) is 7.40. The smallest absolute Gasteiger partial charge is 0.175 e. The van der Waals surface area contributed by atoms with Crippen LogP contribution in [0.25, 0.3) is 0 Å². The fourth-order valence-electron chi connectivity index (χ4n) is 1.92. The summed E-state index contributed by atoms with van der Waals surface area (Å²) >= 11 is 0. The lowest BCUT2D eigenvalue weighted by atomic mass is 10.1. The zero-order chi connectivity index (χ0) is 14.8. The van der Waals surface area contributed by atoms with Gasteiger partial charge in [0.25, 0.3) is 0 Å². The summed E-state index contributed by atoms with van der Waals surface area (Å²) in [6.07, 6.45) is 2.68. The van der Waals surface area contributed by atoms with E-state index < -0.39 is 9.84 Å². The van der Waals surface area contributed by atoms with Gasteiger partial charge in [-0.15, -0.1) is 0 Å². The zero-order valence-electron chi connectivity index (χ0n) is 11.9. The first-order valence-corrected chi connectivity index (χ1v) is 8.43. The first kappa shape index (κ1) is 14.7. The lowest BCUT2D eigenvalue weighted by molar-refractivity contribution is 0.602. The third-order valence-corrected chi connectivity index (χ3v) is 4.02. The van der Waals surface area contributed by atoms with Crippen LogP contribution in [0, 0.1) is 5.92 Å². The fourth-order valence-corrected chi connectivity index (χ4v) is 2.55. The summed E-state index contributed by atoms with van der Waals surface area (Å²) in [6, 6.07) is 6.86. The standard InChI is InChI=1S/C14H19N3O2S/c1-10(2)8-13-15-14(17-16-13)9-11-4-6-12(7-5-11)20(3,18)19/h4-7,10H,8-9H2,1-3H3,(H,15,16,17). The van der Waals surface area contributed by atoms with Gasteiger partial charge in [-0.05, 0) is 23.6 Å². The Hall–Kier alpha value is -1.69. The van der Waals surface area contributed by atoms with Crippen molar-refractivity contribution in [3.63, 3.8) is 0 Å². The maximum Gasteiger partial charge on any atom is 0.175 e. The number of aromatic amines is 1. The van der Waals surface area contributed by atoms with Crippen LogP contribution in [0.1, 0.15) is 31.1 Å². The Morgan fingerprint density at radius 2 is 1.85 bits per heavy atom. The molecule has 0 fully saturated rings. The van der Waals surface area contributed by atoms with E-state index in [1.54, 1.807) is 24.3 Å². The van der Waals surface area contributed by atoms with Gasteiger partial charge in [-0.1, -0.05) is 26.0 Å². The number of hydrogen-bond acceptors (Lipinski definition) is 4. The SMILES string of the molecule is CC(C)Cc1n[nH]c(Cc2ccc(S(C)(=O)=O)cc2)n1. The maximum atomic E-state index is 11.4.